The molecule has 0 radical (unpaired) electrons. The van der Waals surface area contributed by atoms with Crippen LogP contribution in [0.2, 0.25) is 5.02 Å². The van der Waals surface area contributed by atoms with E-state index in [0.717, 1.165) is 10.6 Å². The molecule has 0 aliphatic rings. The first-order valence-corrected chi connectivity index (χ1v) is 8.19. The molecule has 0 heterocycles. The number of esters is 1. The fourth-order valence-electron chi connectivity index (χ4n) is 2.06. The van der Waals surface area contributed by atoms with Crippen LogP contribution in [0.5, 0.6) is 0 Å². The predicted octanol–water partition coefficient (Wildman–Crippen LogP) is 5.08. The molecule has 0 unspecified atom stereocenters. The molecule has 3 aromatic carbocycles. The molecular formula is C21H17ClO4. The zero-order valence-corrected chi connectivity index (χ0v) is 14.6. The Morgan fingerprint density at radius 3 is 1.77 bits per heavy atom. The standard InChI is InChI=1S/C15H12O4.C6H5Cl/c16-14(17)12-8-4-5-9-13(12)15(18)19-10-11-6-2-1-3-7-11;7-6-4-2-1-3-5-6/h1-9H,10H2,(H,16,17);1-5H. The van der Waals surface area contributed by atoms with Gasteiger partial charge in [0, 0.05) is 5.02 Å². The van der Waals surface area contributed by atoms with Gasteiger partial charge in [-0.3, -0.25) is 0 Å². The molecule has 0 saturated heterocycles. The minimum atomic E-state index is -1.15. The Labute approximate surface area is 156 Å². The highest BCUT2D eigenvalue weighted by molar-refractivity contribution is 6.30. The monoisotopic (exact) mass is 368 g/mol. The molecular weight excluding hydrogens is 352 g/mol. The van der Waals surface area contributed by atoms with Crippen LogP contribution in [0.3, 0.4) is 0 Å². The van der Waals surface area contributed by atoms with E-state index in [1.54, 1.807) is 12.1 Å². The maximum atomic E-state index is 11.9. The lowest BCUT2D eigenvalue weighted by Gasteiger charge is -2.07. The molecule has 0 aliphatic carbocycles. The number of carboxylic acid groups (broad SMARTS) is 1. The summed E-state index contributed by atoms with van der Waals surface area (Å²) in [5.41, 5.74) is 0.857. The molecule has 4 nitrogen and oxygen atoms in total. The molecule has 5 heteroatoms. The van der Waals surface area contributed by atoms with Gasteiger partial charge in [-0.05, 0) is 29.8 Å². The van der Waals surface area contributed by atoms with E-state index in [1.807, 2.05) is 60.7 Å². The maximum Gasteiger partial charge on any atom is 0.339 e. The minimum absolute atomic E-state index is 0.0550. The summed E-state index contributed by atoms with van der Waals surface area (Å²) >= 11 is 5.54. The highest BCUT2D eigenvalue weighted by Crippen LogP contribution is 2.12. The molecule has 0 aliphatic heterocycles. The van der Waals surface area contributed by atoms with E-state index in [-0.39, 0.29) is 17.7 Å². The van der Waals surface area contributed by atoms with Crippen LogP contribution in [0.4, 0.5) is 0 Å². The lowest BCUT2D eigenvalue weighted by Crippen LogP contribution is -2.11. The summed E-state index contributed by atoms with van der Waals surface area (Å²) in [7, 11) is 0. The van der Waals surface area contributed by atoms with Crippen LogP contribution in [0.15, 0.2) is 84.9 Å². The number of ether oxygens (including phenoxy) is 1. The molecule has 3 rings (SSSR count). The molecule has 0 amide bonds. The molecule has 0 fully saturated rings. The summed E-state index contributed by atoms with van der Waals surface area (Å²) in [6, 6.07) is 24.6. The van der Waals surface area contributed by atoms with Gasteiger partial charge in [-0.2, -0.15) is 0 Å². The van der Waals surface area contributed by atoms with Crippen LogP contribution < -0.4 is 0 Å². The van der Waals surface area contributed by atoms with E-state index in [4.69, 9.17) is 21.4 Å². The van der Waals surface area contributed by atoms with Gasteiger partial charge in [-0.25, -0.2) is 9.59 Å². The van der Waals surface area contributed by atoms with Crippen LogP contribution in [-0.4, -0.2) is 17.0 Å². The van der Waals surface area contributed by atoms with Crippen LogP contribution in [-0.2, 0) is 11.3 Å². The lowest BCUT2D eigenvalue weighted by atomic mass is 10.1. The summed E-state index contributed by atoms with van der Waals surface area (Å²) in [6.45, 7) is 0.119. The van der Waals surface area contributed by atoms with Crippen molar-refractivity contribution in [3.8, 4) is 0 Å². The Balaban J connectivity index is 0.000000290. The summed E-state index contributed by atoms with van der Waals surface area (Å²) in [5.74, 6) is -1.78. The molecule has 0 saturated carbocycles. The van der Waals surface area contributed by atoms with Crippen molar-refractivity contribution in [2.24, 2.45) is 0 Å². The summed E-state index contributed by atoms with van der Waals surface area (Å²) in [6.07, 6.45) is 0. The fraction of sp³-hybridized carbons (Fsp3) is 0.0476. The first-order chi connectivity index (χ1) is 12.6. The van der Waals surface area contributed by atoms with Crippen LogP contribution in [0.25, 0.3) is 0 Å². The van der Waals surface area contributed by atoms with Crippen LogP contribution in [0, 0.1) is 0 Å². The van der Waals surface area contributed by atoms with Crippen molar-refractivity contribution >= 4 is 23.5 Å². The number of aromatic carboxylic acids is 1. The van der Waals surface area contributed by atoms with E-state index in [9.17, 15) is 9.59 Å². The molecule has 132 valence electrons. The lowest BCUT2D eigenvalue weighted by molar-refractivity contribution is 0.0463. The maximum absolute atomic E-state index is 11.9. The topological polar surface area (TPSA) is 63.6 Å². The Hall–Kier alpha value is -3.11. The highest BCUT2D eigenvalue weighted by Gasteiger charge is 2.16. The third-order valence-electron chi connectivity index (χ3n) is 3.32. The Morgan fingerprint density at radius 2 is 1.27 bits per heavy atom. The van der Waals surface area contributed by atoms with Crippen LogP contribution >= 0.6 is 11.6 Å². The van der Waals surface area contributed by atoms with E-state index in [1.165, 1.54) is 12.1 Å². The first-order valence-electron chi connectivity index (χ1n) is 7.82. The SMILES string of the molecule is Clc1ccccc1.O=C(O)c1ccccc1C(=O)OCc1ccccc1. The largest absolute Gasteiger partial charge is 0.478 e. The molecule has 0 aromatic heterocycles. The number of benzene rings is 3. The summed E-state index contributed by atoms with van der Waals surface area (Å²) in [4.78, 5) is 22.9. The smallest absolute Gasteiger partial charge is 0.339 e. The van der Waals surface area contributed by atoms with Crippen molar-refractivity contribution < 1.29 is 19.4 Å². The number of rotatable bonds is 4. The molecule has 1 N–H and O–H groups in total. The zero-order valence-electron chi connectivity index (χ0n) is 13.8. The average Bonchev–Trinajstić information content (AvgIpc) is 2.68. The Morgan fingerprint density at radius 1 is 0.769 bits per heavy atom. The van der Waals surface area contributed by atoms with Gasteiger partial charge in [-0.1, -0.05) is 72.3 Å². The summed E-state index contributed by atoms with van der Waals surface area (Å²) in [5, 5.41) is 9.79. The highest BCUT2D eigenvalue weighted by atomic mass is 35.5. The van der Waals surface area contributed by atoms with Crippen molar-refractivity contribution in [2.45, 2.75) is 6.61 Å². The number of halogens is 1. The molecule has 3 aromatic rings. The number of hydrogen-bond donors (Lipinski definition) is 1. The number of carbonyl (C=O) groups excluding carboxylic acids is 1. The van der Waals surface area contributed by atoms with E-state index in [2.05, 4.69) is 0 Å². The van der Waals surface area contributed by atoms with Crippen molar-refractivity contribution in [3.63, 3.8) is 0 Å². The Bertz CT molecular complexity index is 848. The Kier molecular flexibility index (Phi) is 7.40. The molecule has 0 bridgehead atoms. The average molecular weight is 369 g/mol. The molecule has 0 atom stereocenters. The minimum Gasteiger partial charge on any atom is -0.478 e. The third kappa shape index (κ3) is 6.07. The van der Waals surface area contributed by atoms with Crippen molar-refractivity contribution in [2.75, 3.05) is 0 Å². The van der Waals surface area contributed by atoms with Gasteiger partial charge in [0.15, 0.2) is 0 Å². The molecule has 26 heavy (non-hydrogen) atoms. The van der Waals surface area contributed by atoms with Crippen LogP contribution in [0.1, 0.15) is 26.3 Å². The second-order valence-electron chi connectivity index (χ2n) is 5.21. The van der Waals surface area contributed by atoms with Crippen molar-refractivity contribution in [3.05, 3.63) is 107 Å². The van der Waals surface area contributed by atoms with Gasteiger partial charge < -0.3 is 9.84 Å². The predicted molar refractivity (Wildman–Crippen MR) is 100 cm³/mol. The fourth-order valence-corrected chi connectivity index (χ4v) is 2.21. The van der Waals surface area contributed by atoms with Gasteiger partial charge in [0.1, 0.15) is 6.61 Å². The number of hydrogen-bond acceptors (Lipinski definition) is 3. The normalized spacial score (nSPS) is 9.58. The summed E-state index contributed by atoms with van der Waals surface area (Å²) < 4.78 is 5.10. The number of carboxylic acids is 1. The van der Waals surface area contributed by atoms with E-state index < -0.39 is 11.9 Å². The second kappa shape index (κ2) is 10.0. The molecule has 0 spiro atoms. The van der Waals surface area contributed by atoms with Gasteiger partial charge in [0.05, 0.1) is 11.1 Å². The van der Waals surface area contributed by atoms with Gasteiger partial charge in [0.2, 0.25) is 0 Å². The van der Waals surface area contributed by atoms with Gasteiger partial charge >= 0.3 is 11.9 Å². The second-order valence-corrected chi connectivity index (χ2v) is 5.64. The van der Waals surface area contributed by atoms with E-state index >= 15 is 0 Å². The van der Waals surface area contributed by atoms with Crippen molar-refractivity contribution in [1.82, 2.24) is 0 Å². The van der Waals surface area contributed by atoms with E-state index in [0.29, 0.717) is 0 Å². The first kappa shape index (κ1) is 19.2. The number of carbonyl (C=O) groups is 2. The zero-order chi connectivity index (χ0) is 18.8. The van der Waals surface area contributed by atoms with Crippen molar-refractivity contribution in [1.29, 1.82) is 0 Å². The quantitative estimate of drug-likeness (QED) is 0.652. The third-order valence-corrected chi connectivity index (χ3v) is 3.58. The van der Waals surface area contributed by atoms with Gasteiger partial charge in [-0.15, -0.1) is 0 Å². The van der Waals surface area contributed by atoms with Gasteiger partial charge in [0.25, 0.3) is 0 Å².